The minimum absolute atomic E-state index is 0.122. The summed E-state index contributed by atoms with van der Waals surface area (Å²) < 4.78 is 8.99. The van der Waals surface area contributed by atoms with Crippen molar-refractivity contribution in [3.05, 3.63) is 127 Å². The molecule has 1 aromatic heterocycles. The predicted octanol–water partition coefficient (Wildman–Crippen LogP) is 6.52. The van der Waals surface area contributed by atoms with Gasteiger partial charge in [-0.3, -0.25) is 0 Å². The summed E-state index contributed by atoms with van der Waals surface area (Å²) in [6, 6.07) is 41.8. The monoisotopic (exact) mass is 500 g/mol. The molecule has 0 fully saturated rings. The molecule has 39 heavy (non-hydrogen) atoms. The van der Waals surface area contributed by atoms with E-state index in [2.05, 4.69) is 125 Å². The second-order valence-corrected chi connectivity index (χ2v) is 10.8. The van der Waals surface area contributed by atoms with Crippen molar-refractivity contribution >= 4 is 51.1 Å². The summed E-state index contributed by atoms with van der Waals surface area (Å²) in [6.07, 6.45) is 3.52. The summed E-state index contributed by atoms with van der Waals surface area (Å²) >= 11 is 0. The quantitative estimate of drug-likeness (QED) is 0.251. The number of hydrogen-bond donors (Lipinski definition) is 0. The Morgan fingerprint density at radius 1 is 0.615 bits per heavy atom. The van der Waals surface area contributed by atoms with Gasteiger partial charge in [0, 0.05) is 33.8 Å². The Morgan fingerprint density at radius 3 is 2.38 bits per heavy atom. The Bertz CT molecular complexity index is 1940. The van der Waals surface area contributed by atoms with Crippen LogP contribution in [0.2, 0.25) is 0 Å². The van der Waals surface area contributed by atoms with Crippen molar-refractivity contribution in [2.75, 3.05) is 4.90 Å². The van der Waals surface area contributed by atoms with E-state index in [1.807, 2.05) is 0 Å². The van der Waals surface area contributed by atoms with Crippen molar-refractivity contribution in [2.45, 2.75) is 19.3 Å². The molecule has 0 bridgehead atoms. The number of fused-ring (bicyclic) bond motifs is 7. The van der Waals surface area contributed by atoms with E-state index >= 15 is 0 Å². The van der Waals surface area contributed by atoms with E-state index in [-0.39, 0.29) is 6.71 Å². The number of aromatic nitrogens is 1. The molecule has 0 saturated heterocycles. The molecule has 184 valence electrons. The summed E-state index contributed by atoms with van der Waals surface area (Å²) in [6.45, 7) is 0.122. The molecule has 3 nitrogen and oxygen atoms in total. The summed E-state index contributed by atoms with van der Waals surface area (Å²) in [7, 11) is 0. The zero-order valence-corrected chi connectivity index (χ0v) is 21.5. The van der Waals surface area contributed by atoms with Gasteiger partial charge in [0.15, 0.2) is 0 Å². The first-order valence-corrected chi connectivity index (χ1v) is 13.9. The molecule has 0 atom stereocenters. The van der Waals surface area contributed by atoms with Crippen molar-refractivity contribution in [1.29, 1.82) is 0 Å². The molecule has 0 N–H and O–H groups in total. The van der Waals surface area contributed by atoms with E-state index in [0.717, 1.165) is 23.6 Å². The van der Waals surface area contributed by atoms with Gasteiger partial charge in [-0.1, -0.05) is 66.7 Å². The number of ether oxygens (including phenoxy) is 1. The van der Waals surface area contributed by atoms with Gasteiger partial charge in [-0.05, 0) is 89.7 Å². The molecule has 1 aliphatic carbocycles. The molecule has 3 heterocycles. The van der Waals surface area contributed by atoms with E-state index in [1.54, 1.807) is 0 Å². The number of aryl methyl sites for hydroxylation is 1. The summed E-state index contributed by atoms with van der Waals surface area (Å²) in [4.78, 5) is 2.43. The molecule has 9 rings (SSSR count). The molecular weight excluding hydrogens is 475 g/mol. The van der Waals surface area contributed by atoms with Crippen LogP contribution in [0.4, 0.5) is 17.1 Å². The summed E-state index contributed by atoms with van der Waals surface area (Å²) in [5, 5.41) is 1.40. The van der Waals surface area contributed by atoms with Crippen LogP contribution in [0.3, 0.4) is 0 Å². The fourth-order valence-electron chi connectivity index (χ4n) is 7.24. The first-order valence-electron chi connectivity index (χ1n) is 13.9. The minimum Gasteiger partial charge on any atom is -0.458 e. The average Bonchev–Trinajstić information content (AvgIpc) is 3.58. The second-order valence-electron chi connectivity index (χ2n) is 10.8. The maximum absolute atomic E-state index is 6.47. The van der Waals surface area contributed by atoms with Gasteiger partial charge in [-0.25, -0.2) is 0 Å². The maximum atomic E-state index is 6.47. The Balaban J connectivity index is 1.35. The van der Waals surface area contributed by atoms with Crippen molar-refractivity contribution in [2.24, 2.45) is 0 Å². The van der Waals surface area contributed by atoms with Gasteiger partial charge in [0.05, 0.1) is 5.52 Å². The van der Waals surface area contributed by atoms with E-state index in [9.17, 15) is 0 Å². The number of benzene rings is 5. The third-order valence-corrected chi connectivity index (χ3v) is 8.79. The molecule has 5 aromatic carbocycles. The van der Waals surface area contributed by atoms with Crippen molar-refractivity contribution in [1.82, 2.24) is 4.57 Å². The zero-order valence-electron chi connectivity index (χ0n) is 21.5. The average molecular weight is 500 g/mol. The number of anilines is 3. The predicted molar refractivity (Wildman–Crippen MR) is 161 cm³/mol. The highest BCUT2D eigenvalue weighted by Crippen LogP contribution is 2.42. The highest BCUT2D eigenvalue weighted by atomic mass is 16.5. The van der Waals surface area contributed by atoms with E-state index in [0.29, 0.717) is 0 Å². The first-order chi connectivity index (χ1) is 19.4. The van der Waals surface area contributed by atoms with Crippen LogP contribution in [0.15, 0.2) is 115 Å². The maximum Gasteiger partial charge on any atom is 0.256 e. The molecule has 0 amide bonds. The van der Waals surface area contributed by atoms with Crippen LogP contribution in [-0.2, 0) is 12.8 Å². The molecule has 0 unspecified atom stereocenters. The number of nitrogens with zero attached hydrogens (tertiary/aromatic N) is 2. The Hall–Kier alpha value is -4.70. The lowest BCUT2D eigenvalue weighted by molar-refractivity contribution is 0.487. The fourth-order valence-corrected chi connectivity index (χ4v) is 7.24. The largest absolute Gasteiger partial charge is 0.458 e. The van der Waals surface area contributed by atoms with Crippen LogP contribution < -0.4 is 26.0 Å². The lowest BCUT2D eigenvalue weighted by Crippen LogP contribution is -2.59. The zero-order chi connectivity index (χ0) is 25.5. The third-order valence-electron chi connectivity index (χ3n) is 8.79. The van der Waals surface area contributed by atoms with Gasteiger partial charge >= 0.3 is 0 Å². The minimum atomic E-state index is 0.122. The van der Waals surface area contributed by atoms with Crippen LogP contribution in [-0.4, -0.2) is 11.3 Å². The van der Waals surface area contributed by atoms with Crippen molar-refractivity contribution in [3.63, 3.8) is 0 Å². The van der Waals surface area contributed by atoms with E-state index in [4.69, 9.17) is 4.74 Å². The van der Waals surface area contributed by atoms with Crippen LogP contribution >= 0.6 is 0 Å². The Labute approximate surface area is 228 Å². The first kappa shape index (κ1) is 21.3. The molecule has 6 aromatic rings. The Kier molecular flexibility index (Phi) is 4.31. The van der Waals surface area contributed by atoms with Gasteiger partial charge in [0.1, 0.15) is 11.5 Å². The lowest BCUT2D eigenvalue weighted by Gasteiger charge is -2.40. The second kappa shape index (κ2) is 7.91. The number of rotatable bonds is 2. The standard InChI is InChI=1S/C35H25BN2O/c1-2-10-23(11-3-1)37-31-17-9-19-34-35(31)36(28-14-5-7-18-33(28)39-34)27-21-20-24(22-32(27)37)38-29-15-6-4-12-25(29)26-13-8-16-30(26)38/h1-7,9-12,14-15,17-22H,8,13,16H2. The molecule has 4 heteroatoms. The number of hydrogen-bond acceptors (Lipinski definition) is 2. The van der Waals surface area contributed by atoms with Gasteiger partial charge in [-0.2, -0.15) is 0 Å². The summed E-state index contributed by atoms with van der Waals surface area (Å²) in [5.74, 6) is 1.89. The molecule has 0 spiro atoms. The van der Waals surface area contributed by atoms with Crippen LogP contribution in [0.5, 0.6) is 11.5 Å². The fraction of sp³-hybridized carbons (Fsp3) is 0.0857. The van der Waals surface area contributed by atoms with Gasteiger partial charge in [0.25, 0.3) is 6.71 Å². The molecule has 0 saturated carbocycles. The SMILES string of the molecule is c1ccc(N2c3cc(-n4c5c(c6ccccc64)CCC5)ccc3B3c4ccccc4Oc4cccc2c43)cc1. The molecular formula is C35H25BN2O. The summed E-state index contributed by atoms with van der Waals surface area (Å²) in [5.41, 5.74) is 12.9. The van der Waals surface area contributed by atoms with E-state index < -0.39 is 0 Å². The van der Waals surface area contributed by atoms with E-state index in [1.165, 1.54) is 68.5 Å². The van der Waals surface area contributed by atoms with Gasteiger partial charge in [-0.15, -0.1) is 0 Å². The van der Waals surface area contributed by atoms with Crippen LogP contribution in [0.25, 0.3) is 16.6 Å². The normalized spacial score (nSPS) is 14.5. The van der Waals surface area contributed by atoms with Gasteiger partial charge in [0.2, 0.25) is 0 Å². The highest BCUT2D eigenvalue weighted by Gasteiger charge is 2.41. The number of para-hydroxylation sites is 3. The highest BCUT2D eigenvalue weighted by molar-refractivity contribution is 6.99. The van der Waals surface area contributed by atoms with Crippen molar-refractivity contribution in [3.8, 4) is 17.2 Å². The van der Waals surface area contributed by atoms with Crippen LogP contribution in [0, 0.1) is 0 Å². The molecule has 0 radical (unpaired) electrons. The lowest BCUT2D eigenvalue weighted by atomic mass is 9.34. The van der Waals surface area contributed by atoms with Crippen molar-refractivity contribution < 1.29 is 4.74 Å². The van der Waals surface area contributed by atoms with Gasteiger partial charge < -0.3 is 14.2 Å². The smallest absolute Gasteiger partial charge is 0.256 e. The molecule has 2 aliphatic heterocycles. The molecule has 3 aliphatic rings. The Morgan fingerprint density at radius 2 is 1.44 bits per heavy atom. The third kappa shape index (κ3) is 2.89. The topological polar surface area (TPSA) is 17.4 Å². The van der Waals surface area contributed by atoms with Crippen LogP contribution in [0.1, 0.15) is 17.7 Å².